The standard InChI is InChI=1S/C20H21Cl2NO/c1-23-11-8-13-12-15(21)18(24)17(22)16(13)19(23)20(9-5-10-20)14-6-3-2-4-7-14/h2-4,6-7,12,19,24H,5,8-11H2,1H3. The van der Waals surface area contributed by atoms with Crippen molar-refractivity contribution in [2.75, 3.05) is 13.6 Å². The fraction of sp³-hybridized carbons (Fsp3) is 0.400. The van der Waals surface area contributed by atoms with Crippen molar-refractivity contribution in [2.24, 2.45) is 0 Å². The van der Waals surface area contributed by atoms with Crippen molar-refractivity contribution >= 4 is 23.2 Å². The van der Waals surface area contributed by atoms with E-state index in [9.17, 15) is 5.11 Å². The van der Waals surface area contributed by atoms with Gasteiger partial charge < -0.3 is 5.11 Å². The minimum absolute atomic E-state index is 0.0138. The lowest BCUT2D eigenvalue weighted by atomic mass is 9.57. The number of phenols is 1. The van der Waals surface area contributed by atoms with E-state index in [2.05, 4.69) is 42.3 Å². The molecular formula is C20H21Cl2NO. The number of aromatic hydroxyl groups is 1. The summed E-state index contributed by atoms with van der Waals surface area (Å²) in [7, 11) is 2.17. The number of hydrogen-bond acceptors (Lipinski definition) is 2. The summed E-state index contributed by atoms with van der Waals surface area (Å²) in [6.45, 7) is 0.976. The van der Waals surface area contributed by atoms with Gasteiger partial charge in [-0.15, -0.1) is 0 Å². The second kappa shape index (κ2) is 5.94. The molecule has 126 valence electrons. The van der Waals surface area contributed by atoms with Crippen LogP contribution in [-0.4, -0.2) is 23.6 Å². The lowest BCUT2D eigenvalue weighted by Crippen LogP contribution is -2.50. The fourth-order valence-electron chi connectivity index (χ4n) is 4.57. The van der Waals surface area contributed by atoms with E-state index in [1.165, 1.54) is 17.5 Å². The molecule has 2 nitrogen and oxygen atoms in total. The highest BCUT2D eigenvalue weighted by atomic mass is 35.5. The van der Waals surface area contributed by atoms with Crippen LogP contribution in [-0.2, 0) is 11.8 Å². The summed E-state index contributed by atoms with van der Waals surface area (Å²) in [6, 6.07) is 12.8. The summed E-state index contributed by atoms with van der Waals surface area (Å²) in [5.74, 6) is 0.0138. The SMILES string of the molecule is CN1CCc2cc(Cl)c(O)c(Cl)c2C1C1(c2ccccc2)CCC1. The zero-order chi connectivity index (χ0) is 16.9. The van der Waals surface area contributed by atoms with Gasteiger partial charge in [-0.1, -0.05) is 60.0 Å². The number of fused-ring (bicyclic) bond motifs is 1. The van der Waals surface area contributed by atoms with Crippen molar-refractivity contribution in [1.29, 1.82) is 0 Å². The Morgan fingerprint density at radius 2 is 1.88 bits per heavy atom. The fourth-order valence-corrected chi connectivity index (χ4v) is 5.17. The van der Waals surface area contributed by atoms with Crippen molar-refractivity contribution in [2.45, 2.75) is 37.1 Å². The summed E-state index contributed by atoms with van der Waals surface area (Å²) in [4.78, 5) is 2.40. The Hall–Kier alpha value is -1.22. The Bertz CT molecular complexity index is 771. The number of likely N-dealkylation sites (N-methyl/N-ethyl adjacent to an activating group) is 1. The Kier molecular flexibility index (Phi) is 4.03. The normalized spacial score (nSPS) is 22.7. The predicted molar refractivity (Wildman–Crippen MR) is 99.2 cm³/mol. The number of phenolic OH excluding ortho intramolecular Hbond substituents is 1. The Morgan fingerprint density at radius 3 is 2.50 bits per heavy atom. The number of nitrogens with zero attached hydrogens (tertiary/aromatic N) is 1. The van der Waals surface area contributed by atoms with Crippen LogP contribution < -0.4 is 0 Å². The van der Waals surface area contributed by atoms with Crippen LogP contribution in [0.1, 0.15) is 42.0 Å². The van der Waals surface area contributed by atoms with Crippen LogP contribution in [0.5, 0.6) is 5.75 Å². The van der Waals surface area contributed by atoms with E-state index >= 15 is 0 Å². The summed E-state index contributed by atoms with van der Waals surface area (Å²) in [5, 5.41) is 11.1. The van der Waals surface area contributed by atoms with E-state index in [1.807, 2.05) is 6.07 Å². The molecule has 0 aromatic heterocycles. The number of hydrogen-bond donors (Lipinski definition) is 1. The molecule has 2 aromatic carbocycles. The first-order valence-electron chi connectivity index (χ1n) is 8.50. The maximum atomic E-state index is 10.3. The second-order valence-electron chi connectivity index (χ2n) is 7.10. The first kappa shape index (κ1) is 16.3. The molecule has 24 heavy (non-hydrogen) atoms. The number of halogens is 2. The molecule has 1 fully saturated rings. The van der Waals surface area contributed by atoms with Gasteiger partial charge >= 0.3 is 0 Å². The molecule has 0 radical (unpaired) electrons. The van der Waals surface area contributed by atoms with Crippen molar-refractivity contribution in [3.63, 3.8) is 0 Å². The molecule has 1 N–H and O–H groups in total. The number of rotatable bonds is 2. The highest BCUT2D eigenvalue weighted by molar-refractivity contribution is 6.37. The van der Waals surface area contributed by atoms with Crippen molar-refractivity contribution in [1.82, 2.24) is 4.90 Å². The zero-order valence-electron chi connectivity index (χ0n) is 13.7. The topological polar surface area (TPSA) is 23.5 Å². The number of benzene rings is 2. The summed E-state index contributed by atoms with van der Waals surface area (Å²) >= 11 is 12.8. The van der Waals surface area contributed by atoms with Crippen LogP contribution in [0.2, 0.25) is 10.0 Å². The summed E-state index contributed by atoms with van der Waals surface area (Å²) in [5.41, 5.74) is 3.67. The van der Waals surface area contributed by atoms with Gasteiger partial charge in [0.1, 0.15) is 0 Å². The maximum absolute atomic E-state index is 10.3. The molecule has 0 amide bonds. The molecule has 0 spiro atoms. The monoisotopic (exact) mass is 361 g/mol. The largest absolute Gasteiger partial charge is 0.505 e. The summed E-state index contributed by atoms with van der Waals surface area (Å²) in [6.07, 6.45) is 4.43. The Morgan fingerprint density at radius 1 is 1.17 bits per heavy atom. The van der Waals surface area contributed by atoms with Crippen molar-refractivity contribution in [3.8, 4) is 5.75 Å². The minimum Gasteiger partial charge on any atom is -0.505 e. The molecule has 0 bridgehead atoms. The lowest BCUT2D eigenvalue weighted by molar-refractivity contribution is 0.0717. The van der Waals surface area contributed by atoms with Gasteiger partial charge in [-0.05, 0) is 49.1 Å². The van der Waals surface area contributed by atoms with Gasteiger partial charge in [0.15, 0.2) is 5.75 Å². The lowest BCUT2D eigenvalue weighted by Gasteiger charge is -2.54. The highest BCUT2D eigenvalue weighted by Crippen LogP contribution is 2.58. The van der Waals surface area contributed by atoms with E-state index in [0.29, 0.717) is 10.0 Å². The van der Waals surface area contributed by atoms with E-state index in [1.54, 1.807) is 0 Å². The minimum atomic E-state index is 0.0138. The maximum Gasteiger partial charge on any atom is 0.153 e. The smallest absolute Gasteiger partial charge is 0.153 e. The van der Waals surface area contributed by atoms with E-state index in [-0.39, 0.29) is 17.2 Å². The first-order valence-corrected chi connectivity index (χ1v) is 9.26. The first-order chi connectivity index (χ1) is 11.5. The molecule has 1 atom stereocenters. The predicted octanol–water partition coefficient (Wildman–Crippen LogP) is 5.35. The molecule has 4 rings (SSSR count). The Labute approximate surface area is 153 Å². The van der Waals surface area contributed by atoms with Gasteiger partial charge in [0.25, 0.3) is 0 Å². The van der Waals surface area contributed by atoms with Gasteiger partial charge in [-0.3, -0.25) is 4.90 Å². The highest BCUT2D eigenvalue weighted by Gasteiger charge is 2.50. The average molecular weight is 362 g/mol. The Balaban J connectivity index is 1.92. The van der Waals surface area contributed by atoms with E-state index < -0.39 is 0 Å². The van der Waals surface area contributed by atoms with Crippen LogP contribution >= 0.6 is 23.2 Å². The molecule has 1 heterocycles. The molecule has 2 aromatic rings. The molecule has 0 saturated heterocycles. The molecule has 2 aliphatic rings. The second-order valence-corrected chi connectivity index (χ2v) is 7.89. The average Bonchev–Trinajstić information content (AvgIpc) is 2.55. The molecule has 1 aliphatic heterocycles. The molecule has 1 aliphatic carbocycles. The van der Waals surface area contributed by atoms with Gasteiger partial charge in [-0.25, -0.2) is 0 Å². The zero-order valence-corrected chi connectivity index (χ0v) is 15.2. The third-order valence-electron chi connectivity index (χ3n) is 5.88. The van der Waals surface area contributed by atoms with Crippen LogP contribution in [0.4, 0.5) is 0 Å². The molecule has 4 heteroatoms. The van der Waals surface area contributed by atoms with Crippen molar-refractivity contribution in [3.05, 3.63) is 63.1 Å². The van der Waals surface area contributed by atoms with Crippen LogP contribution in [0.25, 0.3) is 0 Å². The van der Waals surface area contributed by atoms with Crippen LogP contribution in [0.3, 0.4) is 0 Å². The van der Waals surface area contributed by atoms with E-state index in [0.717, 1.165) is 31.4 Å². The summed E-state index contributed by atoms with van der Waals surface area (Å²) < 4.78 is 0. The third kappa shape index (κ3) is 2.28. The van der Waals surface area contributed by atoms with Gasteiger partial charge in [0, 0.05) is 18.0 Å². The van der Waals surface area contributed by atoms with Crippen molar-refractivity contribution < 1.29 is 5.11 Å². The molecule has 1 unspecified atom stereocenters. The van der Waals surface area contributed by atoms with Gasteiger partial charge in [0.2, 0.25) is 0 Å². The van der Waals surface area contributed by atoms with Gasteiger partial charge in [0.05, 0.1) is 10.0 Å². The third-order valence-corrected chi connectivity index (χ3v) is 6.55. The van der Waals surface area contributed by atoms with E-state index in [4.69, 9.17) is 23.2 Å². The molecule has 1 saturated carbocycles. The quantitative estimate of drug-likeness (QED) is 0.779. The van der Waals surface area contributed by atoms with Gasteiger partial charge in [-0.2, -0.15) is 0 Å². The molecular weight excluding hydrogens is 341 g/mol. The van der Waals surface area contributed by atoms with Crippen LogP contribution in [0, 0.1) is 0 Å². The van der Waals surface area contributed by atoms with Crippen LogP contribution in [0.15, 0.2) is 36.4 Å².